The quantitative estimate of drug-likeness (QED) is 0.498. The lowest BCUT2D eigenvalue weighted by Crippen LogP contribution is -2.23. The molecule has 0 saturated carbocycles. The molecule has 0 spiro atoms. The van der Waals surface area contributed by atoms with Gasteiger partial charge in [0.2, 0.25) is 0 Å². The van der Waals surface area contributed by atoms with Gasteiger partial charge in [0.15, 0.2) is 0 Å². The molecule has 2 aromatic carbocycles. The van der Waals surface area contributed by atoms with Gasteiger partial charge in [-0.15, -0.1) is 0 Å². The summed E-state index contributed by atoms with van der Waals surface area (Å²) in [6, 6.07) is 15.2. The predicted octanol–water partition coefficient (Wildman–Crippen LogP) is 4.25. The summed E-state index contributed by atoms with van der Waals surface area (Å²) in [4.78, 5) is 16.8. The third-order valence-corrected chi connectivity index (χ3v) is 4.64. The van der Waals surface area contributed by atoms with Gasteiger partial charge in [0, 0.05) is 18.1 Å². The van der Waals surface area contributed by atoms with Gasteiger partial charge in [0.25, 0.3) is 5.91 Å². The fraction of sp³-hybridized carbons (Fsp3) is 0.0500. The molecule has 4 rings (SSSR count). The number of nitrogens with zero attached hydrogens (tertiary/aromatic N) is 3. The van der Waals surface area contributed by atoms with E-state index in [4.69, 9.17) is 0 Å². The lowest BCUT2D eigenvalue weighted by molar-refractivity contribution is 0.0952. The molecule has 2 aromatic heterocycles. The van der Waals surface area contributed by atoms with Crippen LogP contribution >= 0.6 is 15.9 Å². The zero-order valence-corrected chi connectivity index (χ0v) is 15.6. The Labute approximate surface area is 163 Å². The van der Waals surface area contributed by atoms with Crippen LogP contribution in [0.1, 0.15) is 15.9 Å². The average Bonchev–Trinajstić information content (AvgIpc) is 3.12. The van der Waals surface area contributed by atoms with E-state index >= 15 is 0 Å². The summed E-state index contributed by atoms with van der Waals surface area (Å²) in [7, 11) is 0. The largest absolute Gasteiger partial charge is 0.348 e. The number of halogens is 2. The van der Waals surface area contributed by atoms with Crippen molar-refractivity contribution in [3.05, 3.63) is 88.5 Å². The highest BCUT2D eigenvalue weighted by atomic mass is 79.9. The fourth-order valence-electron chi connectivity index (χ4n) is 2.83. The van der Waals surface area contributed by atoms with Gasteiger partial charge in [-0.1, -0.05) is 12.1 Å². The maximum absolute atomic E-state index is 13.2. The van der Waals surface area contributed by atoms with E-state index in [1.54, 1.807) is 41.3 Å². The molecule has 0 unspecified atom stereocenters. The summed E-state index contributed by atoms with van der Waals surface area (Å²) in [6.45, 7) is 0.377. The summed E-state index contributed by atoms with van der Waals surface area (Å²) in [6.07, 6.45) is 3.35. The van der Waals surface area contributed by atoms with Crippen molar-refractivity contribution in [3.63, 3.8) is 0 Å². The van der Waals surface area contributed by atoms with E-state index < -0.39 is 0 Å². The molecular weight excluding hydrogens is 411 g/mol. The van der Waals surface area contributed by atoms with Crippen LogP contribution in [0.3, 0.4) is 0 Å². The third-order valence-electron chi connectivity index (χ3n) is 4.17. The number of nitrogens with one attached hydrogen (secondary N) is 1. The van der Waals surface area contributed by atoms with E-state index in [1.807, 2.05) is 18.2 Å². The SMILES string of the molecule is O=C(NCc1ccc(Br)nc1)c1cccc2c1cnn2-c1ccc(F)cc1. The van der Waals surface area contributed by atoms with E-state index in [9.17, 15) is 9.18 Å². The lowest BCUT2D eigenvalue weighted by Gasteiger charge is -2.07. The van der Waals surface area contributed by atoms with E-state index in [-0.39, 0.29) is 11.7 Å². The van der Waals surface area contributed by atoms with Crippen LogP contribution in [0.15, 0.2) is 71.6 Å². The topological polar surface area (TPSA) is 59.8 Å². The highest BCUT2D eigenvalue weighted by molar-refractivity contribution is 9.10. The maximum Gasteiger partial charge on any atom is 0.252 e. The van der Waals surface area contributed by atoms with Crippen molar-refractivity contribution in [2.75, 3.05) is 0 Å². The second kappa shape index (κ2) is 7.28. The van der Waals surface area contributed by atoms with Crippen LogP contribution in [0.25, 0.3) is 16.6 Å². The van der Waals surface area contributed by atoms with Crippen LogP contribution < -0.4 is 5.32 Å². The molecule has 0 aliphatic heterocycles. The number of pyridine rings is 1. The molecule has 0 atom stereocenters. The molecule has 1 N–H and O–H groups in total. The number of benzene rings is 2. The number of aromatic nitrogens is 3. The summed E-state index contributed by atoms with van der Waals surface area (Å²) in [5.74, 6) is -0.500. The van der Waals surface area contributed by atoms with Gasteiger partial charge < -0.3 is 5.32 Å². The van der Waals surface area contributed by atoms with E-state index in [2.05, 4.69) is 31.3 Å². The minimum atomic E-state index is -0.308. The summed E-state index contributed by atoms with van der Waals surface area (Å²) < 4.78 is 15.6. The molecule has 4 aromatic rings. The van der Waals surface area contributed by atoms with E-state index in [1.165, 1.54) is 12.1 Å². The number of carbonyl (C=O) groups excluding carboxylic acids is 1. The van der Waals surface area contributed by atoms with Gasteiger partial charge in [0.1, 0.15) is 10.4 Å². The van der Waals surface area contributed by atoms with Crippen molar-refractivity contribution in [2.45, 2.75) is 6.54 Å². The van der Waals surface area contributed by atoms with Crippen molar-refractivity contribution in [1.82, 2.24) is 20.1 Å². The van der Waals surface area contributed by atoms with Gasteiger partial charge in [-0.25, -0.2) is 14.1 Å². The number of fused-ring (bicyclic) bond motifs is 1. The first-order valence-corrected chi connectivity index (χ1v) is 9.02. The third kappa shape index (κ3) is 3.59. The van der Waals surface area contributed by atoms with E-state index in [0.717, 1.165) is 26.8 Å². The highest BCUT2D eigenvalue weighted by Crippen LogP contribution is 2.22. The number of hydrogen-bond donors (Lipinski definition) is 1. The number of hydrogen-bond acceptors (Lipinski definition) is 3. The maximum atomic E-state index is 13.2. The Morgan fingerprint density at radius 1 is 1.07 bits per heavy atom. The van der Waals surface area contributed by atoms with Crippen LogP contribution in [0.2, 0.25) is 0 Å². The van der Waals surface area contributed by atoms with Crippen LogP contribution in [-0.2, 0) is 6.54 Å². The Bertz CT molecular complexity index is 1110. The molecule has 0 saturated heterocycles. The Hall–Kier alpha value is -3.06. The van der Waals surface area contributed by atoms with Crippen LogP contribution in [0, 0.1) is 5.82 Å². The average molecular weight is 425 g/mol. The minimum Gasteiger partial charge on any atom is -0.348 e. The molecule has 0 aliphatic rings. The molecule has 7 heteroatoms. The molecule has 0 fully saturated rings. The van der Waals surface area contributed by atoms with Gasteiger partial charge >= 0.3 is 0 Å². The van der Waals surface area contributed by atoms with Crippen molar-refractivity contribution >= 4 is 32.7 Å². The summed E-state index contributed by atoms with van der Waals surface area (Å²) >= 11 is 3.29. The monoisotopic (exact) mass is 424 g/mol. The van der Waals surface area contributed by atoms with Crippen molar-refractivity contribution < 1.29 is 9.18 Å². The standard InChI is InChI=1S/C20H14BrFN4O/c21-19-9-4-13(10-23-19)11-24-20(27)16-2-1-3-18-17(16)12-25-26(18)15-7-5-14(22)6-8-15/h1-10,12H,11H2,(H,24,27). The van der Waals surface area contributed by atoms with Gasteiger partial charge in [0.05, 0.1) is 23.0 Å². The Morgan fingerprint density at radius 2 is 1.89 bits per heavy atom. The van der Waals surface area contributed by atoms with Crippen molar-refractivity contribution in [2.24, 2.45) is 0 Å². The normalized spacial score (nSPS) is 10.9. The lowest BCUT2D eigenvalue weighted by atomic mass is 10.1. The molecular formula is C20H14BrFN4O. The Kier molecular flexibility index (Phi) is 4.68. The molecule has 0 bridgehead atoms. The van der Waals surface area contributed by atoms with Gasteiger partial charge in [-0.3, -0.25) is 4.79 Å². The molecule has 5 nitrogen and oxygen atoms in total. The molecule has 27 heavy (non-hydrogen) atoms. The molecule has 1 amide bonds. The Morgan fingerprint density at radius 3 is 2.63 bits per heavy atom. The summed E-state index contributed by atoms with van der Waals surface area (Å²) in [5.41, 5.74) is 2.94. The molecule has 2 heterocycles. The van der Waals surface area contributed by atoms with Gasteiger partial charge in [-0.05, 0) is 64.0 Å². The zero-order valence-electron chi connectivity index (χ0n) is 14.1. The van der Waals surface area contributed by atoms with Crippen LogP contribution in [0.5, 0.6) is 0 Å². The highest BCUT2D eigenvalue weighted by Gasteiger charge is 2.14. The smallest absolute Gasteiger partial charge is 0.252 e. The van der Waals surface area contributed by atoms with E-state index in [0.29, 0.717) is 12.1 Å². The second-order valence-corrected chi connectivity index (χ2v) is 6.76. The second-order valence-electron chi connectivity index (χ2n) is 5.94. The first-order chi connectivity index (χ1) is 13.1. The van der Waals surface area contributed by atoms with Crippen LogP contribution in [0.4, 0.5) is 4.39 Å². The van der Waals surface area contributed by atoms with Crippen LogP contribution in [-0.4, -0.2) is 20.7 Å². The molecule has 134 valence electrons. The summed E-state index contributed by atoms with van der Waals surface area (Å²) in [5, 5.41) is 8.00. The molecule has 0 radical (unpaired) electrons. The van der Waals surface area contributed by atoms with Gasteiger partial charge in [-0.2, -0.15) is 5.10 Å². The Balaban J connectivity index is 1.61. The number of rotatable bonds is 4. The first kappa shape index (κ1) is 17.4. The molecule has 0 aliphatic carbocycles. The number of carbonyl (C=O) groups is 1. The zero-order chi connectivity index (χ0) is 18.8. The predicted molar refractivity (Wildman–Crippen MR) is 104 cm³/mol. The number of amides is 1. The van der Waals surface area contributed by atoms with Crippen molar-refractivity contribution in [3.8, 4) is 5.69 Å². The van der Waals surface area contributed by atoms with Crippen molar-refractivity contribution in [1.29, 1.82) is 0 Å². The first-order valence-electron chi connectivity index (χ1n) is 8.23. The minimum absolute atomic E-state index is 0.192. The fourth-order valence-corrected chi connectivity index (χ4v) is 3.06.